The predicted molar refractivity (Wildman–Crippen MR) is 161 cm³/mol. The summed E-state index contributed by atoms with van der Waals surface area (Å²) in [6.07, 6.45) is 11.2. The van der Waals surface area contributed by atoms with Gasteiger partial charge in [-0.3, -0.25) is 19.0 Å². The smallest absolute Gasteiger partial charge is 0.232 e. The van der Waals surface area contributed by atoms with Crippen LogP contribution < -0.4 is 9.44 Å². The molecular weight excluding hydrogens is 548 g/mol. The Morgan fingerprint density at radius 1 is 0.525 bits per heavy atom. The second kappa shape index (κ2) is 14.8. The molecule has 0 fully saturated rings. The highest BCUT2D eigenvalue weighted by molar-refractivity contribution is 7.93. The quantitative estimate of drug-likeness (QED) is 0.159. The summed E-state index contributed by atoms with van der Waals surface area (Å²) in [4.78, 5) is 27.1. The van der Waals surface area contributed by atoms with Gasteiger partial charge in [-0.05, 0) is 25.0 Å². The van der Waals surface area contributed by atoms with Crippen molar-refractivity contribution in [1.82, 2.24) is 0 Å². The number of rotatable bonds is 18. The summed E-state index contributed by atoms with van der Waals surface area (Å²) in [6.45, 7) is 4.24. The number of nitrogens with one attached hydrogen (secondary N) is 2. The Morgan fingerprint density at radius 2 is 0.875 bits per heavy atom. The number of unbranched alkanes of at least 4 members (excludes halogenated alkanes) is 10. The Bertz CT molecular complexity index is 1290. The first-order chi connectivity index (χ1) is 19.1. The number of ketones is 2. The average molecular weight is 591 g/mol. The first kappa shape index (κ1) is 31.8. The Labute approximate surface area is 239 Å². The van der Waals surface area contributed by atoms with E-state index >= 15 is 0 Å². The van der Waals surface area contributed by atoms with E-state index in [1.807, 2.05) is 0 Å². The normalized spacial score (nSPS) is 13.2. The van der Waals surface area contributed by atoms with E-state index in [1.165, 1.54) is 36.4 Å². The molecule has 2 aromatic rings. The van der Waals surface area contributed by atoms with Crippen LogP contribution in [0, 0.1) is 0 Å². The molecule has 0 unspecified atom stereocenters. The highest BCUT2D eigenvalue weighted by atomic mass is 32.2. The fourth-order valence-corrected chi connectivity index (χ4v) is 7.38. The molecule has 1 aliphatic rings. The summed E-state index contributed by atoms with van der Waals surface area (Å²) >= 11 is 0. The van der Waals surface area contributed by atoms with Gasteiger partial charge in [-0.15, -0.1) is 0 Å². The Kier molecular flexibility index (Phi) is 11.7. The number of hydrogen-bond acceptors (Lipinski definition) is 6. The van der Waals surface area contributed by atoms with Crippen LogP contribution in [0.5, 0.6) is 0 Å². The lowest BCUT2D eigenvalue weighted by Crippen LogP contribution is -2.27. The third-order valence-electron chi connectivity index (χ3n) is 7.14. The molecule has 2 N–H and O–H groups in total. The molecule has 0 heterocycles. The number of sulfonamides is 2. The average Bonchev–Trinajstić information content (AvgIpc) is 2.90. The lowest BCUT2D eigenvalue weighted by molar-refractivity contribution is 0.0980. The zero-order chi connectivity index (χ0) is 29.2. The molecule has 0 saturated heterocycles. The summed E-state index contributed by atoms with van der Waals surface area (Å²) in [5.74, 6) is -1.21. The molecule has 10 heteroatoms. The van der Waals surface area contributed by atoms with Crippen LogP contribution in [0.1, 0.15) is 123 Å². The van der Waals surface area contributed by atoms with Crippen molar-refractivity contribution < 1.29 is 26.4 Å². The molecule has 0 saturated carbocycles. The van der Waals surface area contributed by atoms with Crippen LogP contribution in [0.2, 0.25) is 0 Å². The SMILES string of the molecule is CCCCCCCCS(=O)(=O)Nc1cccc2c1C(=O)c1cccc(NS(=O)(=O)CCCCCCCC)c1C2=O. The van der Waals surface area contributed by atoms with Gasteiger partial charge in [0.25, 0.3) is 0 Å². The maximum Gasteiger partial charge on any atom is 0.232 e. The predicted octanol–water partition coefficient (Wildman–Crippen LogP) is 6.67. The van der Waals surface area contributed by atoms with E-state index in [0.29, 0.717) is 12.8 Å². The molecule has 40 heavy (non-hydrogen) atoms. The summed E-state index contributed by atoms with van der Waals surface area (Å²) in [6, 6.07) is 8.91. The van der Waals surface area contributed by atoms with Crippen LogP contribution >= 0.6 is 0 Å². The number of carbonyl (C=O) groups is 2. The van der Waals surface area contributed by atoms with E-state index in [2.05, 4.69) is 23.3 Å². The van der Waals surface area contributed by atoms with Crippen molar-refractivity contribution in [1.29, 1.82) is 0 Å². The summed E-state index contributed by atoms with van der Waals surface area (Å²) in [7, 11) is -7.47. The number of carbonyl (C=O) groups excluding carboxylic acids is 2. The lowest BCUT2D eigenvalue weighted by atomic mass is 9.82. The fourth-order valence-electron chi connectivity index (χ4n) is 4.99. The molecule has 2 aromatic carbocycles. The second-order valence-corrected chi connectivity index (χ2v) is 14.2. The minimum Gasteiger partial charge on any atom is -0.288 e. The van der Waals surface area contributed by atoms with Gasteiger partial charge in [0.05, 0.1) is 34.0 Å². The Hall–Kier alpha value is -2.72. The van der Waals surface area contributed by atoms with E-state index < -0.39 is 31.6 Å². The van der Waals surface area contributed by atoms with Crippen LogP contribution in [0.15, 0.2) is 36.4 Å². The second-order valence-electron chi connectivity index (χ2n) is 10.5. The van der Waals surface area contributed by atoms with Gasteiger partial charge >= 0.3 is 0 Å². The van der Waals surface area contributed by atoms with Gasteiger partial charge in [0.1, 0.15) is 0 Å². The third kappa shape index (κ3) is 8.64. The van der Waals surface area contributed by atoms with E-state index in [-0.39, 0.29) is 45.1 Å². The topological polar surface area (TPSA) is 126 Å². The molecule has 0 atom stereocenters. The van der Waals surface area contributed by atoms with Gasteiger partial charge < -0.3 is 0 Å². The number of benzene rings is 2. The van der Waals surface area contributed by atoms with Crippen LogP contribution in [0.4, 0.5) is 11.4 Å². The highest BCUT2D eigenvalue weighted by Crippen LogP contribution is 2.36. The monoisotopic (exact) mass is 590 g/mol. The van der Waals surface area contributed by atoms with Crippen molar-refractivity contribution in [2.75, 3.05) is 20.9 Å². The van der Waals surface area contributed by atoms with Crippen molar-refractivity contribution in [2.24, 2.45) is 0 Å². The molecule has 0 bridgehead atoms. The van der Waals surface area contributed by atoms with Crippen molar-refractivity contribution in [2.45, 2.75) is 90.9 Å². The fraction of sp³-hybridized carbons (Fsp3) is 0.533. The molecule has 0 spiro atoms. The van der Waals surface area contributed by atoms with Crippen molar-refractivity contribution >= 4 is 43.0 Å². The molecule has 3 rings (SSSR count). The van der Waals surface area contributed by atoms with E-state index in [0.717, 1.165) is 64.2 Å². The molecule has 0 amide bonds. The lowest BCUT2D eigenvalue weighted by Gasteiger charge is -2.23. The highest BCUT2D eigenvalue weighted by Gasteiger charge is 2.35. The van der Waals surface area contributed by atoms with E-state index in [1.54, 1.807) is 0 Å². The van der Waals surface area contributed by atoms with Crippen molar-refractivity contribution in [3.8, 4) is 0 Å². The van der Waals surface area contributed by atoms with Gasteiger partial charge in [0.15, 0.2) is 11.6 Å². The largest absolute Gasteiger partial charge is 0.288 e. The molecule has 0 aliphatic heterocycles. The number of fused-ring (bicyclic) bond motifs is 2. The van der Waals surface area contributed by atoms with Gasteiger partial charge in [-0.25, -0.2) is 16.8 Å². The zero-order valence-corrected chi connectivity index (χ0v) is 25.3. The molecule has 220 valence electrons. The van der Waals surface area contributed by atoms with Gasteiger partial charge in [-0.1, -0.05) is 102 Å². The van der Waals surface area contributed by atoms with Gasteiger partial charge in [0, 0.05) is 11.1 Å². The zero-order valence-electron chi connectivity index (χ0n) is 23.6. The maximum atomic E-state index is 13.6. The van der Waals surface area contributed by atoms with Crippen LogP contribution in [0.25, 0.3) is 0 Å². The van der Waals surface area contributed by atoms with Crippen molar-refractivity contribution in [3.63, 3.8) is 0 Å². The van der Waals surface area contributed by atoms with Crippen molar-refractivity contribution in [3.05, 3.63) is 58.7 Å². The number of anilines is 2. The standard InChI is InChI=1S/C30H42N2O6S2/c1-3-5-7-9-11-13-21-39(35,36)31-25-19-15-17-23-27(25)29(33)24-18-16-20-26(28(24)30(23)34)32-40(37,38)22-14-12-10-8-6-4-2/h15-20,31-32H,3-14,21-22H2,1-2H3. The van der Waals surface area contributed by atoms with E-state index in [9.17, 15) is 26.4 Å². The van der Waals surface area contributed by atoms with Gasteiger partial charge in [0.2, 0.25) is 20.0 Å². The third-order valence-corrected chi connectivity index (χ3v) is 9.85. The molecular formula is C30H42N2O6S2. The van der Waals surface area contributed by atoms with Crippen LogP contribution in [0.3, 0.4) is 0 Å². The van der Waals surface area contributed by atoms with Crippen LogP contribution in [-0.4, -0.2) is 39.9 Å². The Morgan fingerprint density at radius 3 is 1.25 bits per heavy atom. The molecule has 0 aromatic heterocycles. The first-order valence-electron chi connectivity index (χ1n) is 14.5. The Balaban J connectivity index is 1.76. The molecule has 8 nitrogen and oxygen atoms in total. The minimum absolute atomic E-state index is 0.0152. The molecule has 0 radical (unpaired) electrons. The maximum absolute atomic E-state index is 13.6. The minimum atomic E-state index is -3.73. The summed E-state index contributed by atoms with van der Waals surface area (Å²) < 4.78 is 56.2. The molecule has 1 aliphatic carbocycles. The first-order valence-corrected chi connectivity index (χ1v) is 17.8. The summed E-state index contributed by atoms with van der Waals surface area (Å²) in [5.41, 5.74) is 0.167. The number of hydrogen-bond donors (Lipinski definition) is 2. The van der Waals surface area contributed by atoms with E-state index in [4.69, 9.17) is 0 Å². The van der Waals surface area contributed by atoms with Gasteiger partial charge in [-0.2, -0.15) is 0 Å². The van der Waals surface area contributed by atoms with Crippen LogP contribution in [-0.2, 0) is 20.0 Å². The summed E-state index contributed by atoms with van der Waals surface area (Å²) in [5, 5.41) is 0.